The number of fused-ring (bicyclic) bond motifs is 1. The number of carbonyl (C=O) groups excluding carboxylic acids is 1. The summed E-state index contributed by atoms with van der Waals surface area (Å²) in [6.45, 7) is 7.23. The summed E-state index contributed by atoms with van der Waals surface area (Å²) >= 11 is 0. The minimum Gasteiger partial charge on any atom is -0.385 e. The van der Waals surface area contributed by atoms with Crippen LogP contribution >= 0.6 is 0 Å². The molecule has 0 bridgehead atoms. The van der Waals surface area contributed by atoms with E-state index < -0.39 is 0 Å². The van der Waals surface area contributed by atoms with Gasteiger partial charge in [-0.25, -0.2) is 9.97 Å². The molecule has 1 saturated carbocycles. The number of carbonyl (C=O) groups is 1. The van der Waals surface area contributed by atoms with E-state index in [1.54, 1.807) is 11.1 Å². The van der Waals surface area contributed by atoms with E-state index in [2.05, 4.69) is 64.7 Å². The zero-order valence-electron chi connectivity index (χ0n) is 22.4. The number of rotatable bonds is 7. The average molecular weight is 499 g/mol. The SMILES string of the molecule is CC(C)N1c2cc(Nc3nccc(-c4cccc(NCC5CCCCC5)c4)n3)ccc2N(C)C(=O)C1C. The largest absolute Gasteiger partial charge is 0.385 e. The Morgan fingerprint density at radius 2 is 1.81 bits per heavy atom. The molecular formula is C30H38N6O. The van der Waals surface area contributed by atoms with E-state index in [-0.39, 0.29) is 18.0 Å². The van der Waals surface area contributed by atoms with Crippen LogP contribution in [0, 0.1) is 5.92 Å². The lowest BCUT2D eigenvalue weighted by Crippen LogP contribution is -2.53. The molecule has 1 atom stereocenters. The van der Waals surface area contributed by atoms with Crippen molar-refractivity contribution < 1.29 is 4.79 Å². The second-order valence-electron chi connectivity index (χ2n) is 10.6. The molecule has 0 radical (unpaired) electrons. The first-order valence-corrected chi connectivity index (χ1v) is 13.5. The molecule has 1 unspecified atom stereocenters. The van der Waals surface area contributed by atoms with Gasteiger partial charge >= 0.3 is 0 Å². The summed E-state index contributed by atoms with van der Waals surface area (Å²) < 4.78 is 0. The fourth-order valence-corrected chi connectivity index (χ4v) is 5.69. The van der Waals surface area contributed by atoms with Crippen molar-refractivity contribution in [3.05, 3.63) is 54.7 Å². The number of amides is 1. The molecule has 1 aliphatic heterocycles. The van der Waals surface area contributed by atoms with Gasteiger partial charge in [-0.2, -0.15) is 0 Å². The van der Waals surface area contributed by atoms with Crippen molar-refractivity contribution in [2.45, 2.75) is 65.0 Å². The van der Waals surface area contributed by atoms with Gasteiger partial charge in [-0.05, 0) is 75.9 Å². The summed E-state index contributed by atoms with van der Waals surface area (Å²) in [5.41, 5.74) is 5.90. The maximum atomic E-state index is 12.7. The monoisotopic (exact) mass is 498 g/mol. The van der Waals surface area contributed by atoms with Crippen LogP contribution in [-0.2, 0) is 4.79 Å². The van der Waals surface area contributed by atoms with Crippen LogP contribution in [0.25, 0.3) is 11.3 Å². The number of likely N-dealkylation sites (N-methyl/N-ethyl adjacent to an activating group) is 1. The van der Waals surface area contributed by atoms with E-state index in [0.29, 0.717) is 5.95 Å². The molecule has 1 amide bonds. The number of benzene rings is 2. The summed E-state index contributed by atoms with van der Waals surface area (Å²) in [5, 5.41) is 7.02. The second-order valence-corrected chi connectivity index (χ2v) is 10.6. The maximum absolute atomic E-state index is 12.7. The summed E-state index contributed by atoms with van der Waals surface area (Å²) in [6, 6.07) is 16.4. The van der Waals surface area contributed by atoms with Crippen LogP contribution in [0.1, 0.15) is 52.9 Å². The average Bonchev–Trinajstić information content (AvgIpc) is 2.91. The van der Waals surface area contributed by atoms with E-state index in [1.807, 2.05) is 32.2 Å². The lowest BCUT2D eigenvalue weighted by Gasteiger charge is -2.42. The van der Waals surface area contributed by atoms with Gasteiger partial charge in [0, 0.05) is 42.8 Å². The number of hydrogen-bond donors (Lipinski definition) is 2. The standard InChI is InChI=1S/C30H38N6O/c1-20(2)36-21(3)29(37)35(4)27-14-13-25(18-28(27)36)33-30-31-16-15-26(34-30)23-11-8-12-24(17-23)32-19-22-9-6-5-7-10-22/h8,11-18,20-22,32H,5-7,9-10,19H2,1-4H3,(H,31,33,34). The van der Waals surface area contributed by atoms with Gasteiger partial charge in [0.2, 0.25) is 11.9 Å². The second kappa shape index (κ2) is 10.8. The van der Waals surface area contributed by atoms with E-state index in [9.17, 15) is 4.79 Å². The molecule has 0 saturated heterocycles. The fraction of sp³-hybridized carbons (Fsp3) is 0.433. The molecular weight excluding hydrogens is 460 g/mol. The highest BCUT2D eigenvalue weighted by Crippen LogP contribution is 2.39. The topological polar surface area (TPSA) is 73.4 Å². The molecule has 3 aromatic rings. The van der Waals surface area contributed by atoms with Crippen LogP contribution in [0.15, 0.2) is 54.7 Å². The Hall–Kier alpha value is -3.61. The Morgan fingerprint density at radius 3 is 2.59 bits per heavy atom. The highest BCUT2D eigenvalue weighted by atomic mass is 16.2. The van der Waals surface area contributed by atoms with Gasteiger partial charge in [0.15, 0.2) is 0 Å². The van der Waals surface area contributed by atoms with Crippen molar-refractivity contribution >= 4 is 34.6 Å². The molecule has 5 rings (SSSR count). The van der Waals surface area contributed by atoms with Gasteiger partial charge in [-0.1, -0.05) is 31.4 Å². The highest BCUT2D eigenvalue weighted by Gasteiger charge is 2.35. The van der Waals surface area contributed by atoms with Crippen molar-refractivity contribution in [1.82, 2.24) is 9.97 Å². The number of nitrogens with zero attached hydrogens (tertiary/aromatic N) is 4. The van der Waals surface area contributed by atoms with E-state index >= 15 is 0 Å². The Labute approximate surface area is 220 Å². The first-order chi connectivity index (χ1) is 17.9. The van der Waals surface area contributed by atoms with E-state index in [4.69, 9.17) is 4.98 Å². The maximum Gasteiger partial charge on any atom is 0.249 e. The minimum absolute atomic E-state index is 0.105. The van der Waals surface area contributed by atoms with Gasteiger partial charge in [-0.3, -0.25) is 4.79 Å². The zero-order chi connectivity index (χ0) is 25.9. The van der Waals surface area contributed by atoms with E-state index in [0.717, 1.165) is 46.5 Å². The van der Waals surface area contributed by atoms with Gasteiger partial charge in [0.1, 0.15) is 6.04 Å². The molecule has 2 heterocycles. The third kappa shape index (κ3) is 5.41. The molecule has 1 aliphatic carbocycles. The minimum atomic E-state index is -0.216. The summed E-state index contributed by atoms with van der Waals surface area (Å²) in [4.78, 5) is 25.9. The number of aromatic nitrogens is 2. The van der Waals surface area contributed by atoms with Gasteiger partial charge < -0.3 is 20.4 Å². The van der Waals surface area contributed by atoms with Crippen LogP contribution < -0.4 is 20.4 Å². The lowest BCUT2D eigenvalue weighted by atomic mass is 9.89. The smallest absolute Gasteiger partial charge is 0.249 e. The molecule has 2 aromatic carbocycles. The van der Waals surface area contributed by atoms with E-state index in [1.165, 1.54) is 32.1 Å². The number of hydrogen-bond acceptors (Lipinski definition) is 6. The van der Waals surface area contributed by atoms with Crippen LogP contribution in [0.5, 0.6) is 0 Å². The fourth-order valence-electron chi connectivity index (χ4n) is 5.69. The summed E-state index contributed by atoms with van der Waals surface area (Å²) in [7, 11) is 1.84. The predicted molar refractivity (Wildman–Crippen MR) is 153 cm³/mol. The quantitative estimate of drug-likeness (QED) is 0.389. The van der Waals surface area contributed by atoms with Crippen LogP contribution in [0.4, 0.5) is 28.7 Å². The summed E-state index contributed by atoms with van der Waals surface area (Å²) in [6.07, 6.45) is 8.55. The van der Waals surface area contributed by atoms with Crippen molar-refractivity contribution in [2.24, 2.45) is 5.92 Å². The van der Waals surface area contributed by atoms with Gasteiger partial charge in [-0.15, -0.1) is 0 Å². The number of nitrogens with one attached hydrogen (secondary N) is 2. The van der Waals surface area contributed by atoms with Crippen molar-refractivity contribution in [2.75, 3.05) is 34.0 Å². The number of anilines is 5. The molecule has 7 nitrogen and oxygen atoms in total. The molecule has 1 fully saturated rings. The first-order valence-electron chi connectivity index (χ1n) is 13.5. The highest BCUT2D eigenvalue weighted by molar-refractivity contribution is 6.05. The Bertz CT molecular complexity index is 1250. The Morgan fingerprint density at radius 1 is 1.00 bits per heavy atom. The normalized spacial score (nSPS) is 18.2. The van der Waals surface area contributed by atoms with Crippen molar-refractivity contribution in [3.8, 4) is 11.3 Å². The third-order valence-corrected chi connectivity index (χ3v) is 7.67. The van der Waals surface area contributed by atoms with Crippen molar-refractivity contribution in [3.63, 3.8) is 0 Å². The Kier molecular flexibility index (Phi) is 7.31. The molecule has 194 valence electrons. The molecule has 7 heteroatoms. The van der Waals surface area contributed by atoms with Gasteiger partial charge in [0.05, 0.1) is 17.1 Å². The van der Waals surface area contributed by atoms with Crippen LogP contribution in [0.3, 0.4) is 0 Å². The van der Waals surface area contributed by atoms with Gasteiger partial charge in [0.25, 0.3) is 0 Å². The third-order valence-electron chi connectivity index (χ3n) is 7.67. The molecule has 0 spiro atoms. The zero-order valence-corrected chi connectivity index (χ0v) is 22.4. The van der Waals surface area contributed by atoms with Crippen molar-refractivity contribution in [1.29, 1.82) is 0 Å². The molecule has 2 N–H and O–H groups in total. The first kappa shape index (κ1) is 25.1. The predicted octanol–water partition coefficient (Wildman–Crippen LogP) is 6.46. The van der Waals surface area contributed by atoms with Crippen LogP contribution in [-0.4, -0.2) is 41.6 Å². The molecule has 1 aromatic heterocycles. The molecule has 37 heavy (non-hydrogen) atoms. The van der Waals surface area contributed by atoms with Crippen LogP contribution in [0.2, 0.25) is 0 Å². The summed E-state index contributed by atoms with van der Waals surface area (Å²) in [5.74, 6) is 1.42. The lowest BCUT2D eigenvalue weighted by molar-refractivity contribution is -0.119. The molecule has 2 aliphatic rings. The Balaban J connectivity index is 1.34.